The first-order valence-corrected chi connectivity index (χ1v) is 3.38. The van der Waals surface area contributed by atoms with Crippen molar-refractivity contribution >= 4 is 23.1 Å². The van der Waals surface area contributed by atoms with Gasteiger partial charge in [0.25, 0.3) is 0 Å². The molecule has 0 aromatic rings. The topological polar surface area (TPSA) is 46.3 Å². The highest BCUT2D eigenvalue weighted by Crippen LogP contribution is 1.98. The molecule has 0 aromatic carbocycles. The molecule has 3 nitrogen and oxygen atoms in total. The standard InChI is InChI=1S/C6H12N2OS/c1-4(5(7)10)6(9)8(2)3/h4H,1-3H3,(H2,7,10). The first kappa shape index (κ1) is 9.36. The number of carbonyl (C=O) groups is 1. The van der Waals surface area contributed by atoms with Crippen LogP contribution in [0.25, 0.3) is 0 Å². The van der Waals surface area contributed by atoms with Crippen LogP contribution in [0.3, 0.4) is 0 Å². The van der Waals surface area contributed by atoms with Crippen molar-refractivity contribution in [1.29, 1.82) is 0 Å². The van der Waals surface area contributed by atoms with Gasteiger partial charge in [-0.3, -0.25) is 4.79 Å². The van der Waals surface area contributed by atoms with Gasteiger partial charge in [0.1, 0.15) is 0 Å². The van der Waals surface area contributed by atoms with E-state index < -0.39 is 0 Å². The van der Waals surface area contributed by atoms with Crippen LogP contribution >= 0.6 is 12.2 Å². The van der Waals surface area contributed by atoms with E-state index in [2.05, 4.69) is 12.2 Å². The van der Waals surface area contributed by atoms with Gasteiger partial charge in [0.2, 0.25) is 5.91 Å². The number of thiocarbonyl (C=S) groups is 1. The Labute approximate surface area is 66.2 Å². The van der Waals surface area contributed by atoms with Gasteiger partial charge in [-0.05, 0) is 6.92 Å². The predicted octanol–water partition coefficient (Wildman–Crippen LogP) is -0.00320. The van der Waals surface area contributed by atoms with Crippen LogP contribution in [0.4, 0.5) is 0 Å². The van der Waals surface area contributed by atoms with Gasteiger partial charge in [-0.15, -0.1) is 0 Å². The summed E-state index contributed by atoms with van der Waals surface area (Å²) in [6.07, 6.45) is 0. The average molecular weight is 160 g/mol. The van der Waals surface area contributed by atoms with E-state index in [0.29, 0.717) is 0 Å². The highest BCUT2D eigenvalue weighted by Gasteiger charge is 2.16. The Bertz CT molecular complexity index is 156. The number of hydrogen-bond acceptors (Lipinski definition) is 2. The summed E-state index contributed by atoms with van der Waals surface area (Å²) in [6.45, 7) is 1.70. The molecule has 4 heteroatoms. The normalized spacial score (nSPS) is 12.3. The minimum Gasteiger partial charge on any atom is -0.393 e. The van der Waals surface area contributed by atoms with E-state index in [9.17, 15) is 4.79 Å². The van der Waals surface area contributed by atoms with Crippen LogP contribution in [-0.4, -0.2) is 29.9 Å². The molecule has 0 rings (SSSR count). The number of hydrogen-bond donors (Lipinski definition) is 1. The van der Waals surface area contributed by atoms with E-state index in [-0.39, 0.29) is 16.8 Å². The van der Waals surface area contributed by atoms with Gasteiger partial charge in [-0.25, -0.2) is 0 Å². The molecule has 0 bridgehead atoms. The summed E-state index contributed by atoms with van der Waals surface area (Å²) in [5.41, 5.74) is 5.26. The monoisotopic (exact) mass is 160 g/mol. The Morgan fingerprint density at radius 3 is 2.10 bits per heavy atom. The zero-order valence-electron chi connectivity index (χ0n) is 6.42. The van der Waals surface area contributed by atoms with E-state index >= 15 is 0 Å². The van der Waals surface area contributed by atoms with E-state index in [4.69, 9.17) is 5.73 Å². The summed E-state index contributed by atoms with van der Waals surface area (Å²) in [7, 11) is 3.36. The van der Waals surface area contributed by atoms with Crippen LogP contribution in [0.15, 0.2) is 0 Å². The third kappa shape index (κ3) is 2.31. The van der Waals surface area contributed by atoms with Gasteiger partial charge in [-0.1, -0.05) is 12.2 Å². The van der Waals surface area contributed by atoms with Crippen LogP contribution in [0, 0.1) is 5.92 Å². The van der Waals surface area contributed by atoms with Gasteiger partial charge in [0.15, 0.2) is 0 Å². The van der Waals surface area contributed by atoms with Crippen LogP contribution in [0.2, 0.25) is 0 Å². The Kier molecular flexibility index (Phi) is 3.28. The molecular weight excluding hydrogens is 148 g/mol. The molecular formula is C6H12N2OS. The van der Waals surface area contributed by atoms with E-state index in [0.717, 1.165) is 0 Å². The van der Waals surface area contributed by atoms with Gasteiger partial charge in [-0.2, -0.15) is 0 Å². The molecule has 1 amide bonds. The number of carbonyl (C=O) groups excluding carboxylic acids is 1. The maximum atomic E-state index is 11.0. The smallest absolute Gasteiger partial charge is 0.231 e. The van der Waals surface area contributed by atoms with Crippen molar-refractivity contribution in [2.75, 3.05) is 14.1 Å². The molecule has 0 saturated carbocycles. The molecule has 0 aliphatic rings. The highest BCUT2D eigenvalue weighted by atomic mass is 32.1. The lowest BCUT2D eigenvalue weighted by Gasteiger charge is -2.14. The Morgan fingerprint density at radius 2 is 2.00 bits per heavy atom. The van der Waals surface area contributed by atoms with Crippen LogP contribution in [0.5, 0.6) is 0 Å². The largest absolute Gasteiger partial charge is 0.393 e. The van der Waals surface area contributed by atoms with Crippen molar-refractivity contribution < 1.29 is 4.79 Å². The molecule has 2 N–H and O–H groups in total. The molecule has 58 valence electrons. The van der Waals surface area contributed by atoms with Crippen molar-refractivity contribution in [1.82, 2.24) is 4.90 Å². The zero-order chi connectivity index (χ0) is 8.31. The van der Waals surface area contributed by atoms with Gasteiger partial charge in [0, 0.05) is 14.1 Å². The molecule has 10 heavy (non-hydrogen) atoms. The Morgan fingerprint density at radius 1 is 1.60 bits per heavy atom. The third-order valence-electron chi connectivity index (χ3n) is 1.24. The predicted molar refractivity (Wildman–Crippen MR) is 44.6 cm³/mol. The molecule has 1 atom stereocenters. The molecule has 0 aliphatic carbocycles. The fourth-order valence-electron chi connectivity index (χ4n) is 0.509. The third-order valence-corrected chi connectivity index (χ3v) is 1.59. The lowest BCUT2D eigenvalue weighted by atomic mass is 10.1. The molecule has 0 radical (unpaired) electrons. The van der Waals surface area contributed by atoms with Crippen molar-refractivity contribution in [3.8, 4) is 0 Å². The van der Waals surface area contributed by atoms with Crippen molar-refractivity contribution in [2.45, 2.75) is 6.92 Å². The first-order chi connectivity index (χ1) is 4.46. The minimum absolute atomic E-state index is 0.0486. The van der Waals surface area contributed by atoms with Gasteiger partial charge in [0.05, 0.1) is 10.9 Å². The number of nitrogens with two attached hydrogens (primary N) is 1. The lowest BCUT2D eigenvalue weighted by molar-refractivity contribution is -0.130. The minimum atomic E-state index is -0.343. The zero-order valence-corrected chi connectivity index (χ0v) is 7.23. The summed E-state index contributed by atoms with van der Waals surface area (Å²) in [4.78, 5) is 12.8. The van der Waals surface area contributed by atoms with Gasteiger partial charge < -0.3 is 10.6 Å². The number of nitrogens with zero attached hydrogens (tertiary/aromatic N) is 1. The second-order valence-corrected chi connectivity index (χ2v) is 2.83. The van der Waals surface area contributed by atoms with Crippen LogP contribution in [-0.2, 0) is 4.79 Å². The average Bonchev–Trinajstić information content (AvgIpc) is 1.84. The van der Waals surface area contributed by atoms with E-state index in [1.54, 1.807) is 21.0 Å². The second kappa shape index (κ2) is 3.51. The Balaban J connectivity index is 4.08. The maximum absolute atomic E-state index is 11.0. The molecule has 0 spiro atoms. The fraction of sp³-hybridized carbons (Fsp3) is 0.667. The number of amides is 1. The first-order valence-electron chi connectivity index (χ1n) is 2.97. The lowest BCUT2D eigenvalue weighted by Crippen LogP contribution is -2.35. The number of rotatable bonds is 2. The quantitative estimate of drug-likeness (QED) is 0.578. The summed E-state index contributed by atoms with van der Waals surface area (Å²) >= 11 is 4.64. The van der Waals surface area contributed by atoms with Crippen molar-refractivity contribution in [2.24, 2.45) is 11.7 Å². The summed E-state index contributed by atoms with van der Waals surface area (Å²) in [6, 6.07) is 0. The molecule has 0 aliphatic heterocycles. The van der Waals surface area contributed by atoms with Crippen LogP contribution in [0.1, 0.15) is 6.92 Å². The molecule has 0 heterocycles. The van der Waals surface area contributed by atoms with Crippen molar-refractivity contribution in [3.63, 3.8) is 0 Å². The summed E-state index contributed by atoms with van der Waals surface area (Å²) in [5, 5.41) is 0. The maximum Gasteiger partial charge on any atom is 0.231 e. The van der Waals surface area contributed by atoms with E-state index in [1.165, 1.54) is 4.90 Å². The Hall–Kier alpha value is -0.640. The second-order valence-electron chi connectivity index (χ2n) is 2.36. The highest BCUT2D eigenvalue weighted by molar-refractivity contribution is 7.80. The fourth-order valence-corrected chi connectivity index (χ4v) is 0.610. The molecule has 0 saturated heterocycles. The summed E-state index contributed by atoms with van der Waals surface area (Å²) in [5.74, 6) is -0.391. The molecule has 1 unspecified atom stereocenters. The van der Waals surface area contributed by atoms with Crippen molar-refractivity contribution in [3.05, 3.63) is 0 Å². The van der Waals surface area contributed by atoms with Gasteiger partial charge >= 0.3 is 0 Å². The summed E-state index contributed by atoms with van der Waals surface area (Å²) < 4.78 is 0. The molecule has 0 aromatic heterocycles. The van der Waals surface area contributed by atoms with Crippen LogP contribution < -0.4 is 5.73 Å². The molecule has 0 fully saturated rings. The SMILES string of the molecule is CC(C(=O)N(C)C)C(N)=S. The van der Waals surface area contributed by atoms with E-state index in [1.807, 2.05) is 0 Å².